The molecule has 23 heavy (non-hydrogen) atoms. The van der Waals surface area contributed by atoms with Crippen LogP contribution in [-0.4, -0.2) is 35.6 Å². The molecule has 0 saturated carbocycles. The Morgan fingerprint density at radius 2 is 2.00 bits per heavy atom. The second kappa shape index (κ2) is 7.55. The third-order valence-corrected chi connectivity index (χ3v) is 4.37. The average molecular weight is 335 g/mol. The lowest BCUT2D eigenvalue weighted by Gasteiger charge is -2.25. The van der Waals surface area contributed by atoms with Crippen molar-refractivity contribution in [1.82, 2.24) is 9.47 Å². The van der Waals surface area contributed by atoms with Gasteiger partial charge in [-0.1, -0.05) is 24.9 Å². The molecule has 1 unspecified atom stereocenters. The molecule has 0 fully saturated rings. The van der Waals surface area contributed by atoms with Crippen molar-refractivity contribution in [3.8, 4) is 11.4 Å². The molecule has 2 aromatic rings. The van der Waals surface area contributed by atoms with Crippen LogP contribution in [0.4, 0.5) is 0 Å². The molecule has 0 aliphatic heterocycles. The van der Waals surface area contributed by atoms with Crippen molar-refractivity contribution < 1.29 is 9.53 Å². The molecule has 4 nitrogen and oxygen atoms in total. The van der Waals surface area contributed by atoms with Gasteiger partial charge in [0.1, 0.15) is 5.75 Å². The molecule has 0 aliphatic rings. The number of benzene rings is 1. The molecule has 124 valence electrons. The lowest BCUT2D eigenvalue weighted by atomic mass is 10.1. The van der Waals surface area contributed by atoms with E-state index in [2.05, 4.69) is 6.92 Å². The number of hydrogen-bond donors (Lipinski definition) is 0. The standard InChI is InChI=1S/C18H23ClN2O2/c1-5-8-13(2)20(3)18(22)14-11-15(19)16(12-17(14)23-4)21-9-6-7-10-21/h6-7,9-13H,5,8H2,1-4H3. The Balaban J connectivity index is 2.39. The van der Waals surface area contributed by atoms with Gasteiger partial charge in [0.25, 0.3) is 5.91 Å². The lowest BCUT2D eigenvalue weighted by Crippen LogP contribution is -2.35. The molecule has 0 N–H and O–H groups in total. The zero-order chi connectivity index (χ0) is 17.0. The van der Waals surface area contributed by atoms with E-state index in [9.17, 15) is 4.79 Å². The molecule has 2 rings (SSSR count). The highest BCUT2D eigenvalue weighted by Crippen LogP contribution is 2.31. The van der Waals surface area contributed by atoms with Crippen molar-refractivity contribution >= 4 is 17.5 Å². The molecule has 0 radical (unpaired) electrons. The first-order valence-electron chi connectivity index (χ1n) is 7.77. The maximum absolute atomic E-state index is 12.8. The van der Waals surface area contributed by atoms with E-state index in [-0.39, 0.29) is 11.9 Å². The van der Waals surface area contributed by atoms with Crippen LogP contribution in [0.3, 0.4) is 0 Å². The quantitative estimate of drug-likeness (QED) is 0.784. The summed E-state index contributed by atoms with van der Waals surface area (Å²) in [5, 5.41) is 0.516. The number of carbonyl (C=O) groups excluding carboxylic acids is 1. The molecule has 1 aromatic carbocycles. The SMILES string of the molecule is CCCC(C)N(C)C(=O)c1cc(Cl)c(-n2cccc2)cc1OC. The fourth-order valence-corrected chi connectivity index (χ4v) is 2.83. The van der Waals surface area contributed by atoms with Crippen LogP contribution in [-0.2, 0) is 0 Å². The van der Waals surface area contributed by atoms with Crippen molar-refractivity contribution in [3.63, 3.8) is 0 Å². The first-order valence-corrected chi connectivity index (χ1v) is 8.15. The number of hydrogen-bond acceptors (Lipinski definition) is 2. The highest BCUT2D eigenvalue weighted by Gasteiger charge is 2.22. The van der Waals surface area contributed by atoms with E-state index in [1.54, 1.807) is 24.1 Å². The molecule has 1 amide bonds. The van der Waals surface area contributed by atoms with E-state index in [1.807, 2.05) is 43.1 Å². The number of carbonyl (C=O) groups is 1. The van der Waals surface area contributed by atoms with E-state index >= 15 is 0 Å². The van der Waals surface area contributed by atoms with Gasteiger partial charge in [0.05, 0.1) is 23.4 Å². The number of halogens is 1. The summed E-state index contributed by atoms with van der Waals surface area (Å²) in [5.41, 5.74) is 1.27. The predicted octanol–water partition coefficient (Wildman–Crippen LogP) is 4.40. The maximum atomic E-state index is 12.8. The minimum Gasteiger partial charge on any atom is -0.496 e. The van der Waals surface area contributed by atoms with Crippen LogP contribution < -0.4 is 4.74 Å². The number of aromatic nitrogens is 1. The lowest BCUT2D eigenvalue weighted by molar-refractivity contribution is 0.0733. The maximum Gasteiger partial charge on any atom is 0.257 e. The van der Waals surface area contributed by atoms with Crippen LogP contribution in [0.15, 0.2) is 36.7 Å². The summed E-state index contributed by atoms with van der Waals surface area (Å²) in [6.45, 7) is 4.15. The monoisotopic (exact) mass is 334 g/mol. The van der Waals surface area contributed by atoms with Crippen molar-refractivity contribution in [2.24, 2.45) is 0 Å². The zero-order valence-electron chi connectivity index (χ0n) is 14.0. The van der Waals surface area contributed by atoms with Crippen LogP contribution in [0.1, 0.15) is 37.0 Å². The van der Waals surface area contributed by atoms with Gasteiger partial charge in [-0.05, 0) is 31.5 Å². The third kappa shape index (κ3) is 3.70. The van der Waals surface area contributed by atoms with Crippen molar-refractivity contribution in [2.45, 2.75) is 32.7 Å². The van der Waals surface area contributed by atoms with Crippen molar-refractivity contribution in [1.29, 1.82) is 0 Å². The second-order valence-corrected chi connectivity index (χ2v) is 6.06. The van der Waals surface area contributed by atoms with Gasteiger partial charge in [0.15, 0.2) is 0 Å². The van der Waals surface area contributed by atoms with Gasteiger partial charge in [-0.25, -0.2) is 0 Å². The highest BCUT2D eigenvalue weighted by atomic mass is 35.5. The molecule has 1 atom stereocenters. The molecule has 0 aliphatic carbocycles. The van der Waals surface area contributed by atoms with Crippen LogP contribution in [0.25, 0.3) is 5.69 Å². The Labute approximate surface area is 142 Å². The van der Waals surface area contributed by atoms with Gasteiger partial charge in [-0.3, -0.25) is 4.79 Å². The fraction of sp³-hybridized carbons (Fsp3) is 0.389. The topological polar surface area (TPSA) is 34.5 Å². The van der Waals surface area contributed by atoms with E-state index in [4.69, 9.17) is 16.3 Å². The Morgan fingerprint density at radius 3 is 2.57 bits per heavy atom. The summed E-state index contributed by atoms with van der Waals surface area (Å²) >= 11 is 6.39. The van der Waals surface area contributed by atoms with Crippen LogP contribution in [0.5, 0.6) is 5.75 Å². The highest BCUT2D eigenvalue weighted by molar-refractivity contribution is 6.33. The largest absolute Gasteiger partial charge is 0.496 e. The van der Waals surface area contributed by atoms with Gasteiger partial charge < -0.3 is 14.2 Å². The van der Waals surface area contributed by atoms with E-state index in [0.29, 0.717) is 16.3 Å². The molecule has 0 spiro atoms. The minimum absolute atomic E-state index is 0.0799. The molecular formula is C18H23ClN2O2. The molecular weight excluding hydrogens is 312 g/mol. The Bertz CT molecular complexity index is 668. The number of nitrogens with zero attached hydrogens (tertiary/aromatic N) is 2. The van der Waals surface area contributed by atoms with Crippen molar-refractivity contribution in [3.05, 3.63) is 47.2 Å². The predicted molar refractivity (Wildman–Crippen MR) is 93.8 cm³/mol. The van der Waals surface area contributed by atoms with Gasteiger partial charge >= 0.3 is 0 Å². The zero-order valence-corrected chi connectivity index (χ0v) is 14.8. The Kier molecular flexibility index (Phi) is 5.72. The fourth-order valence-electron chi connectivity index (χ4n) is 2.57. The minimum atomic E-state index is -0.0799. The normalized spacial score (nSPS) is 12.0. The van der Waals surface area contributed by atoms with E-state index in [0.717, 1.165) is 18.5 Å². The Hall–Kier alpha value is -1.94. The first-order chi connectivity index (χ1) is 11.0. The number of amides is 1. The summed E-state index contributed by atoms with van der Waals surface area (Å²) in [6, 6.07) is 7.49. The Morgan fingerprint density at radius 1 is 1.35 bits per heavy atom. The number of ether oxygens (including phenoxy) is 1. The number of rotatable bonds is 6. The van der Waals surface area contributed by atoms with Gasteiger partial charge in [0, 0.05) is 31.5 Å². The summed E-state index contributed by atoms with van der Waals surface area (Å²) in [5.74, 6) is 0.447. The van der Waals surface area contributed by atoms with Crippen molar-refractivity contribution in [2.75, 3.05) is 14.2 Å². The summed E-state index contributed by atoms with van der Waals surface area (Å²) in [6.07, 6.45) is 5.79. The summed E-state index contributed by atoms with van der Waals surface area (Å²) < 4.78 is 7.32. The summed E-state index contributed by atoms with van der Waals surface area (Å²) in [7, 11) is 3.38. The van der Waals surface area contributed by atoms with Gasteiger partial charge in [-0.15, -0.1) is 0 Å². The van der Waals surface area contributed by atoms with Crippen LogP contribution in [0, 0.1) is 0 Å². The smallest absolute Gasteiger partial charge is 0.257 e. The molecule has 5 heteroatoms. The van der Waals surface area contributed by atoms with Gasteiger partial charge in [-0.2, -0.15) is 0 Å². The van der Waals surface area contributed by atoms with E-state index < -0.39 is 0 Å². The molecule has 0 saturated heterocycles. The van der Waals surface area contributed by atoms with Gasteiger partial charge in [0.2, 0.25) is 0 Å². The number of methoxy groups -OCH3 is 1. The molecule has 1 aromatic heterocycles. The molecule has 0 bridgehead atoms. The summed E-state index contributed by atoms with van der Waals surface area (Å²) in [4.78, 5) is 14.5. The second-order valence-electron chi connectivity index (χ2n) is 5.65. The molecule has 1 heterocycles. The third-order valence-electron chi connectivity index (χ3n) is 4.07. The van der Waals surface area contributed by atoms with E-state index in [1.165, 1.54) is 0 Å². The van der Waals surface area contributed by atoms with Crippen LogP contribution in [0.2, 0.25) is 5.02 Å². The average Bonchev–Trinajstić information content (AvgIpc) is 3.07. The van der Waals surface area contributed by atoms with Crippen LogP contribution >= 0.6 is 11.6 Å². The first kappa shape index (κ1) is 17.4.